The van der Waals surface area contributed by atoms with Gasteiger partial charge in [-0.15, -0.1) is 0 Å². The molecule has 0 aromatic carbocycles. The molecular weight excluding hydrogens is 413 g/mol. The van der Waals surface area contributed by atoms with Gasteiger partial charge in [0.05, 0.1) is 12.2 Å². The number of hydrogen-bond donors (Lipinski definition) is 5. The average molecular weight is 451 g/mol. The lowest BCUT2D eigenvalue weighted by molar-refractivity contribution is -0.202. The number of piperidine rings is 1. The molecule has 4 rings (SSSR count). The molecular formula is C20H37F3N6O2. The van der Waals surface area contributed by atoms with Crippen molar-refractivity contribution in [3.8, 4) is 0 Å². The van der Waals surface area contributed by atoms with Crippen LogP contribution in [0.2, 0.25) is 0 Å². The van der Waals surface area contributed by atoms with Crippen molar-refractivity contribution in [2.75, 3.05) is 26.2 Å². The molecule has 0 aromatic rings. The Balaban J connectivity index is 1.37. The zero-order valence-corrected chi connectivity index (χ0v) is 18.2. The van der Waals surface area contributed by atoms with Crippen LogP contribution in [-0.2, 0) is 9.47 Å². The van der Waals surface area contributed by atoms with E-state index >= 15 is 0 Å². The van der Waals surface area contributed by atoms with E-state index in [2.05, 4.69) is 38.4 Å². The monoisotopic (exact) mass is 450 g/mol. The molecule has 180 valence electrons. The van der Waals surface area contributed by atoms with Gasteiger partial charge in [0, 0.05) is 25.2 Å². The van der Waals surface area contributed by atoms with E-state index in [-0.39, 0.29) is 24.8 Å². The van der Waals surface area contributed by atoms with Gasteiger partial charge in [-0.25, -0.2) is 0 Å². The van der Waals surface area contributed by atoms with E-state index < -0.39 is 19.1 Å². The molecule has 0 amide bonds. The van der Waals surface area contributed by atoms with E-state index in [9.17, 15) is 13.2 Å². The van der Waals surface area contributed by atoms with Gasteiger partial charge < -0.3 is 14.8 Å². The third-order valence-corrected chi connectivity index (χ3v) is 6.43. The Morgan fingerprint density at radius 2 is 1.90 bits per heavy atom. The molecule has 6 unspecified atom stereocenters. The summed E-state index contributed by atoms with van der Waals surface area (Å²) in [6.45, 7) is 3.27. The average Bonchev–Trinajstić information content (AvgIpc) is 3.50. The maximum absolute atomic E-state index is 12.8. The van der Waals surface area contributed by atoms with Crippen molar-refractivity contribution in [1.82, 2.24) is 31.5 Å². The zero-order valence-electron chi connectivity index (χ0n) is 18.2. The molecule has 0 bridgehead atoms. The predicted octanol–water partition coefficient (Wildman–Crippen LogP) is 0.962. The Morgan fingerprint density at radius 1 is 1.06 bits per heavy atom. The number of halogens is 3. The van der Waals surface area contributed by atoms with E-state index in [0.29, 0.717) is 18.6 Å². The van der Waals surface area contributed by atoms with Crippen LogP contribution < -0.4 is 26.6 Å². The largest absolute Gasteiger partial charge is 0.411 e. The van der Waals surface area contributed by atoms with Gasteiger partial charge in [-0.1, -0.05) is 6.42 Å². The smallest absolute Gasteiger partial charge is 0.374 e. The fourth-order valence-electron chi connectivity index (χ4n) is 4.67. The molecule has 0 spiro atoms. The summed E-state index contributed by atoms with van der Waals surface area (Å²) < 4.78 is 49.3. The third kappa shape index (κ3) is 7.50. The van der Waals surface area contributed by atoms with Gasteiger partial charge in [0.25, 0.3) is 0 Å². The van der Waals surface area contributed by atoms with Gasteiger partial charge in [-0.05, 0) is 52.0 Å². The number of nitrogens with one attached hydrogen (secondary N) is 5. The summed E-state index contributed by atoms with van der Waals surface area (Å²) in [4.78, 5) is 2.34. The highest BCUT2D eigenvalue weighted by Gasteiger charge is 2.40. The Hall–Kier alpha value is -0.530. The summed E-state index contributed by atoms with van der Waals surface area (Å²) in [5, 5.41) is 16.7. The number of nitrogens with zero attached hydrogens (tertiary/aromatic N) is 1. The van der Waals surface area contributed by atoms with Crippen LogP contribution in [-0.4, -0.2) is 80.5 Å². The minimum absolute atomic E-state index is 0.118. The van der Waals surface area contributed by atoms with Crippen LogP contribution in [0.3, 0.4) is 0 Å². The first-order valence-electron chi connectivity index (χ1n) is 11.7. The molecule has 4 aliphatic rings. The molecule has 3 heterocycles. The van der Waals surface area contributed by atoms with Crippen LogP contribution in [0.25, 0.3) is 0 Å². The maximum atomic E-state index is 12.8. The zero-order chi connectivity index (χ0) is 21.8. The summed E-state index contributed by atoms with van der Waals surface area (Å²) in [7, 11) is 0. The maximum Gasteiger partial charge on any atom is 0.411 e. The lowest BCUT2D eigenvalue weighted by atomic mass is 10.0. The van der Waals surface area contributed by atoms with E-state index in [0.717, 1.165) is 45.2 Å². The molecule has 3 aliphatic heterocycles. The van der Waals surface area contributed by atoms with E-state index in [1.165, 1.54) is 12.8 Å². The quantitative estimate of drug-likeness (QED) is 0.356. The Morgan fingerprint density at radius 3 is 2.55 bits per heavy atom. The van der Waals surface area contributed by atoms with E-state index in [1.807, 2.05) is 0 Å². The molecule has 5 N–H and O–H groups in total. The highest BCUT2D eigenvalue weighted by atomic mass is 19.4. The van der Waals surface area contributed by atoms with Crippen molar-refractivity contribution >= 4 is 0 Å². The number of ether oxygens (including phenoxy) is 2. The fourth-order valence-corrected chi connectivity index (χ4v) is 4.67. The van der Waals surface area contributed by atoms with Gasteiger partial charge in [-0.2, -0.15) is 13.2 Å². The van der Waals surface area contributed by atoms with Crippen LogP contribution in [0.5, 0.6) is 0 Å². The SMILES string of the molecule is CC1CCC(CNC2NC(OCC(F)(F)F)NC(N(CC3CCCCN3)C3CC3)N2)O1. The lowest BCUT2D eigenvalue weighted by Gasteiger charge is -2.45. The summed E-state index contributed by atoms with van der Waals surface area (Å²) in [6, 6.07) is 0.844. The predicted molar refractivity (Wildman–Crippen MR) is 110 cm³/mol. The first-order valence-corrected chi connectivity index (χ1v) is 11.7. The van der Waals surface area contributed by atoms with Crippen LogP contribution in [0, 0.1) is 0 Å². The summed E-state index contributed by atoms with van der Waals surface area (Å²) in [6.07, 6.45) is 2.20. The molecule has 11 heteroatoms. The number of rotatable bonds is 9. The third-order valence-electron chi connectivity index (χ3n) is 6.43. The fraction of sp³-hybridized carbons (Fsp3) is 1.00. The van der Waals surface area contributed by atoms with E-state index in [1.54, 1.807) is 0 Å². The van der Waals surface area contributed by atoms with Gasteiger partial charge in [0.1, 0.15) is 19.2 Å². The summed E-state index contributed by atoms with van der Waals surface area (Å²) in [5.74, 6) is 0. The van der Waals surface area contributed by atoms with Crippen molar-refractivity contribution in [2.45, 2.75) is 101 Å². The van der Waals surface area contributed by atoms with Crippen LogP contribution in [0.15, 0.2) is 0 Å². The lowest BCUT2D eigenvalue weighted by Crippen LogP contribution is -2.76. The first kappa shape index (κ1) is 23.6. The number of alkyl halides is 3. The molecule has 4 fully saturated rings. The second kappa shape index (κ2) is 10.6. The molecule has 3 saturated heterocycles. The summed E-state index contributed by atoms with van der Waals surface area (Å²) in [5.41, 5.74) is 0. The van der Waals surface area contributed by atoms with Gasteiger partial charge in [0.2, 0.25) is 0 Å². The molecule has 31 heavy (non-hydrogen) atoms. The van der Waals surface area contributed by atoms with Crippen LogP contribution in [0.1, 0.15) is 51.9 Å². The molecule has 6 atom stereocenters. The second-order valence-electron chi connectivity index (χ2n) is 9.27. The van der Waals surface area contributed by atoms with Crippen molar-refractivity contribution in [1.29, 1.82) is 0 Å². The van der Waals surface area contributed by atoms with Gasteiger partial charge >= 0.3 is 6.18 Å². The van der Waals surface area contributed by atoms with Crippen molar-refractivity contribution < 1.29 is 22.6 Å². The topological polar surface area (TPSA) is 81.9 Å². The molecule has 8 nitrogen and oxygen atoms in total. The minimum atomic E-state index is -4.37. The Bertz CT molecular complexity index is 562. The normalized spacial score (nSPS) is 37.5. The highest BCUT2D eigenvalue weighted by molar-refractivity contribution is 4.92. The molecule has 1 aliphatic carbocycles. The Kier molecular flexibility index (Phi) is 8.08. The highest BCUT2D eigenvalue weighted by Crippen LogP contribution is 2.29. The summed E-state index contributed by atoms with van der Waals surface area (Å²) >= 11 is 0. The van der Waals surface area contributed by atoms with Gasteiger partial charge in [0.15, 0.2) is 6.35 Å². The van der Waals surface area contributed by atoms with Crippen LogP contribution in [0.4, 0.5) is 13.2 Å². The van der Waals surface area contributed by atoms with Crippen LogP contribution >= 0.6 is 0 Å². The standard InChI is InChI=1S/C20H37F3N6O2/c1-13-5-8-16(31-13)10-25-17-26-18(28-19(27-17)30-12-20(21,22)23)29(15-6-7-15)11-14-4-2-3-9-24-14/h13-19,24-28H,2-12H2,1H3. The number of hydrogen-bond acceptors (Lipinski definition) is 8. The van der Waals surface area contributed by atoms with E-state index in [4.69, 9.17) is 9.47 Å². The molecule has 1 saturated carbocycles. The second-order valence-corrected chi connectivity index (χ2v) is 9.27. The molecule has 0 radical (unpaired) electrons. The molecule has 0 aromatic heterocycles. The van der Waals surface area contributed by atoms with Crippen molar-refractivity contribution in [3.63, 3.8) is 0 Å². The van der Waals surface area contributed by atoms with Crippen molar-refractivity contribution in [2.24, 2.45) is 0 Å². The minimum Gasteiger partial charge on any atom is -0.374 e. The van der Waals surface area contributed by atoms with Gasteiger partial charge in [-0.3, -0.25) is 26.2 Å². The van der Waals surface area contributed by atoms with Crippen molar-refractivity contribution in [3.05, 3.63) is 0 Å². The Labute approximate surface area is 182 Å². The first-order chi connectivity index (χ1) is 14.9.